The molecule has 108 valence electrons. The molecule has 0 saturated heterocycles. The van der Waals surface area contributed by atoms with Crippen LogP contribution in [0, 0.1) is 10.1 Å². The molecule has 0 aliphatic rings. The van der Waals surface area contributed by atoms with Crippen LogP contribution in [0.1, 0.15) is 24.5 Å². The molecule has 7 nitrogen and oxygen atoms in total. The van der Waals surface area contributed by atoms with Gasteiger partial charge in [-0.3, -0.25) is 10.1 Å². The number of hydrogen-bond acceptors (Lipinski definition) is 6. The van der Waals surface area contributed by atoms with Crippen LogP contribution in [0.25, 0.3) is 0 Å². The highest BCUT2D eigenvalue weighted by atomic mass is 16.6. The highest BCUT2D eigenvalue weighted by Gasteiger charge is 2.17. The van der Waals surface area contributed by atoms with Gasteiger partial charge in [0.05, 0.1) is 6.42 Å². The molecule has 1 aromatic rings. The zero-order valence-electron chi connectivity index (χ0n) is 11.1. The topological polar surface area (TPSA) is 102 Å². The molecule has 20 heavy (non-hydrogen) atoms. The minimum Gasteiger partial charge on any atom is -0.456 e. The quantitative estimate of drug-likeness (QED) is 0.270. The van der Waals surface area contributed by atoms with Gasteiger partial charge in [-0.05, 0) is 17.5 Å². The Morgan fingerprint density at radius 1 is 1.40 bits per heavy atom. The van der Waals surface area contributed by atoms with E-state index < -0.39 is 17.4 Å². The molecule has 0 aliphatic heterocycles. The van der Waals surface area contributed by atoms with Gasteiger partial charge < -0.3 is 9.94 Å². The van der Waals surface area contributed by atoms with Crippen molar-refractivity contribution in [1.29, 1.82) is 0 Å². The molecule has 0 atom stereocenters. The lowest BCUT2D eigenvalue weighted by atomic mass is 10.1. The fourth-order valence-electron chi connectivity index (χ4n) is 1.66. The second-order valence-electron chi connectivity index (χ2n) is 4.05. The van der Waals surface area contributed by atoms with Crippen molar-refractivity contribution in [3.05, 3.63) is 45.5 Å². The Morgan fingerprint density at radius 2 is 2.05 bits per heavy atom. The lowest BCUT2D eigenvalue weighted by molar-refractivity contribution is -0.478. The van der Waals surface area contributed by atoms with Crippen molar-refractivity contribution in [2.75, 3.05) is 6.54 Å². The summed E-state index contributed by atoms with van der Waals surface area (Å²) in [5.74, 6) is -0.847. The molecule has 0 bridgehead atoms. The van der Waals surface area contributed by atoms with Crippen LogP contribution in [0.15, 0.2) is 29.4 Å². The van der Waals surface area contributed by atoms with Gasteiger partial charge in [-0.15, -0.1) is 0 Å². The van der Waals surface area contributed by atoms with Crippen molar-refractivity contribution >= 4 is 11.7 Å². The molecule has 1 N–H and O–H groups in total. The van der Waals surface area contributed by atoms with Gasteiger partial charge >= 0.3 is 5.97 Å². The van der Waals surface area contributed by atoms with Gasteiger partial charge in [-0.1, -0.05) is 36.3 Å². The lowest BCUT2D eigenvalue weighted by Gasteiger charge is -2.08. The lowest BCUT2D eigenvalue weighted by Crippen LogP contribution is -2.21. The smallest absolute Gasteiger partial charge is 0.356 e. The summed E-state index contributed by atoms with van der Waals surface area (Å²) in [5.41, 5.74) is 1.55. The Bertz CT molecular complexity index is 513. The van der Waals surface area contributed by atoms with E-state index in [-0.39, 0.29) is 18.7 Å². The van der Waals surface area contributed by atoms with Crippen LogP contribution in [0.2, 0.25) is 0 Å². The summed E-state index contributed by atoms with van der Waals surface area (Å²) in [4.78, 5) is 21.3. The molecule has 0 heterocycles. The van der Waals surface area contributed by atoms with E-state index in [1.165, 1.54) is 0 Å². The fraction of sp³-hybridized carbons (Fsp3) is 0.385. The summed E-state index contributed by atoms with van der Waals surface area (Å²) in [6.45, 7) is 1.54. The van der Waals surface area contributed by atoms with Crippen molar-refractivity contribution in [3.63, 3.8) is 0 Å². The van der Waals surface area contributed by atoms with E-state index in [4.69, 9.17) is 9.94 Å². The van der Waals surface area contributed by atoms with Gasteiger partial charge in [0.2, 0.25) is 6.54 Å². The summed E-state index contributed by atoms with van der Waals surface area (Å²) < 4.78 is 5.00. The highest BCUT2D eigenvalue weighted by molar-refractivity contribution is 6.36. The minimum atomic E-state index is -0.847. The second-order valence-corrected chi connectivity index (χ2v) is 4.05. The maximum absolute atomic E-state index is 11.6. The molecular formula is C13H16N2O5. The number of oxime groups is 1. The number of hydrogen-bond donors (Lipinski definition) is 1. The van der Waals surface area contributed by atoms with Gasteiger partial charge in [0.25, 0.3) is 0 Å². The molecule has 7 heteroatoms. The monoisotopic (exact) mass is 280 g/mol. The average molecular weight is 280 g/mol. The number of carbonyl (C=O) groups excluding carboxylic acids is 1. The van der Waals surface area contributed by atoms with Gasteiger partial charge in [0.1, 0.15) is 6.61 Å². The molecule has 1 aromatic carbocycles. The first-order valence-corrected chi connectivity index (χ1v) is 6.15. The van der Waals surface area contributed by atoms with Crippen molar-refractivity contribution < 1.29 is 19.7 Å². The molecular weight excluding hydrogens is 264 g/mol. The standard InChI is InChI=1S/C13H16N2O5/c1-2-10-5-3-4-6-11(10)9-20-13(16)12(14-17)7-8-15(18)19/h3-6,17H,2,7-9H2,1H3/b14-12+. The highest BCUT2D eigenvalue weighted by Crippen LogP contribution is 2.11. The summed E-state index contributed by atoms with van der Waals surface area (Å²) in [6.07, 6.45) is 0.535. The number of esters is 1. The number of rotatable bonds is 7. The van der Waals surface area contributed by atoms with Crippen LogP contribution >= 0.6 is 0 Å². The Balaban J connectivity index is 2.59. The molecule has 0 aromatic heterocycles. The first kappa shape index (κ1) is 15.6. The third-order valence-electron chi connectivity index (χ3n) is 2.75. The number of carbonyl (C=O) groups is 1. The normalized spacial score (nSPS) is 11.2. The second kappa shape index (κ2) is 7.88. The maximum Gasteiger partial charge on any atom is 0.356 e. The van der Waals surface area contributed by atoms with Crippen molar-refractivity contribution in [2.45, 2.75) is 26.4 Å². The number of aryl methyl sites for hydroxylation is 1. The predicted molar refractivity (Wildman–Crippen MR) is 71.3 cm³/mol. The summed E-state index contributed by atoms with van der Waals surface area (Å²) in [6, 6.07) is 7.48. The first-order chi connectivity index (χ1) is 9.58. The fourth-order valence-corrected chi connectivity index (χ4v) is 1.66. The first-order valence-electron chi connectivity index (χ1n) is 6.15. The predicted octanol–water partition coefficient (Wildman–Crippen LogP) is 1.79. The van der Waals surface area contributed by atoms with Gasteiger partial charge in [-0.25, -0.2) is 4.79 Å². The molecule has 0 radical (unpaired) electrons. The van der Waals surface area contributed by atoms with E-state index in [1.54, 1.807) is 0 Å². The van der Waals surface area contributed by atoms with Crippen LogP contribution in [0.3, 0.4) is 0 Å². The summed E-state index contributed by atoms with van der Waals surface area (Å²) in [5, 5.41) is 21.6. The molecule has 0 unspecified atom stereocenters. The number of benzene rings is 1. The largest absolute Gasteiger partial charge is 0.456 e. The van der Waals surface area contributed by atoms with Crippen LogP contribution in [0.5, 0.6) is 0 Å². The molecule has 0 amide bonds. The van der Waals surface area contributed by atoms with E-state index in [9.17, 15) is 14.9 Å². The molecule has 0 spiro atoms. The van der Waals surface area contributed by atoms with E-state index in [0.29, 0.717) is 0 Å². The van der Waals surface area contributed by atoms with Crippen LogP contribution < -0.4 is 0 Å². The van der Waals surface area contributed by atoms with Gasteiger partial charge in [0.15, 0.2) is 5.71 Å². The number of nitrogens with zero attached hydrogens (tertiary/aromatic N) is 2. The van der Waals surface area contributed by atoms with E-state index >= 15 is 0 Å². The van der Waals surface area contributed by atoms with Crippen molar-refractivity contribution in [2.24, 2.45) is 5.16 Å². The third-order valence-corrected chi connectivity index (χ3v) is 2.75. The van der Waals surface area contributed by atoms with Gasteiger partial charge in [-0.2, -0.15) is 0 Å². The van der Waals surface area contributed by atoms with E-state index in [1.807, 2.05) is 31.2 Å². The SMILES string of the molecule is CCc1ccccc1COC(=O)/C(CC[N+](=O)[O-])=N/O. The Hall–Kier alpha value is -2.44. The zero-order valence-corrected chi connectivity index (χ0v) is 11.1. The van der Waals surface area contributed by atoms with Crippen molar-refractivity contribution in [1.82, 2.24) is 0 Å². The molecule has 1 rings (SSSR count). The summed E-state index contributed by atoms with van der Waals surface area (Å²) >= 11 is 0. The van der Waals surface area contributed by atoms with Crippen LogP contribution in [0.4, 0.5) is 0 Å². The maximum atomic E-state index is 11.6. The zero-order chi connectivity index (χ0) is 15.0. The number of nitro groups is 1. The summed E-state index contributed by atoms with van der Waals surface area (Å²) in [7, 11) is 0. The third kappa shape index (κ3) is 4.68. The van der Waals surface area contributed by atoms with Crippen LogP contribution in [-0.4, -0.2) is 28.4 Å². The van der Waals surface area contributed by atoms with Crippen LogP contribution in [-0.2, 0) is 22.6 Å². The number of ether oxygens (including phenoxy) is 1. The van der Waals surface area contributed by atoms with E-state index in [0.717, 1.165) is 17.5 Å². The minimum absolute atomic E-state index is 0.0420. The molecule has 0 fully saturated rings. The Kier molecular flexibility index (Phi) is 6.15. The van der Waals surface area contributed by atoms with Crippen molar-refractivity contribution in [3.8, 4) is 0 Å². The van der Waals surface area contributed by atoms with E-state index in [2.05, 4.69) is 5.16 Å². The molecule has 0 aliphatic carbocycles. The Labute approximate surface area is 116 Å². The molecule has 0 saturated carbocycles. The Morgan fingerprint density at radius 3 is 2.60 bits per heavy atom. The van der Waals surface area contributed by atoms with Gasteiger partial charge in [0, 0.05) is 4.92 Å². The average Bonchev–Trinajstić information content (AvgIpc) is 2.45.